The summed E-state index contributed by atoms with van der Waals surface area (Å²) in [6.45, 7) is 3.98. The van der Waals surface area contributed by atoms with E-state index in [1.54, 1.807) is 0 Å². The van der Waals surface area contributed by atoms with Crippen molar-refractivity contribution in [2.24, 2.45) is 23.2 Å². The monoisotopic (exact) mass is 739 g/mol. The minimum Gasteiger partial charge on any atom is -0.465 e. The van der Waals surface area contributed by atoms with Gasteiger partial charge in [-0.25, -0.2) is 12.8 Å². The topological polar surface area (TPSA) is 76.1 Å². The molecule has 50 heavy (non-hydrogen) atoms. The van der Waals surface area contributed by atoms with Crippen molar-refractivity contribution < 1.29 is 49.3 Å². The molecule has 1 aromatic carbocycles. The van der Waals surface area contributed by atoms with E-state index < -0.39 is 58.2 Å². The molecule has 1 aromatic rings. The van der Waals surface area contributed by atoms with E-state index in [1.165, 1.54) is 0 Å². The van der Waals surface area contributed by atoms with Gasteiger partial charge in [0.2, 0.25) is 0 Å². The summed E-state index contributed by atoms with van der Waals surface area (Å²) >= 11 is 0. The lowest BCUT2D eigenvalue weighted by atomic mass is 9.51. The highest BCUT2D eigenvalue weighted by atomic mass is 32.2. The number of benzene rings is 1. The number of fused-ring (bicyclic) bond motifs is 5. The smallest absolute Gasteiger partial charge is 0.453 e. The van der Waals surface area contributed by atoms with E-state index in [0.717, 1.165) is 81.2 Å². The fourth-order valence-electron chi connectivity index (χ4n) is 9.44. The number of aliphatic hydroxyl groups is 1. The van der Waals surface area contributed by atoms with Crippen molar-refractivity contribution in [3.8, 4) is 5.75 Å². The molecule has 6 nitrogen and oxygen atoms in total. The van der Waals surface area contributed by atoms with E-state index in [2.05, 4.69) is 19.1 Å². The molecule has 13 heteroatoms. The van der Waals surface area contributed by atoms with Crippen LogP contribution in [0.15, 0.2) is 18.2 Å². The molecule has 0 aromatic heterocycles. The van der Waals surface area contributed by atoms with Crippen LogP contribution in [-0.2, 0) is 21.0 Å². The summed E-state index contributed by atoms with van der Waals surface area (Å²) < 4.78 is 116. The van der Waals surface area contributed by atoms with Gasteiger partial charge in [-0.15, -0.1) is 0 Å². The third kappa shape index (κ3) is 9.31. The molecule has 3 aliphatic carbocycles. The van der Waals surface area contributed by atoms with Crippen LogP contribution in [0.1, 0.15) is 107 Å². The maximum atomic E-state index is 16.3. The Morgan fingerprint density at radius 3 is 2.46 bits per heavy atom. The Morgan fingerprint density at radius 2 is 1.74 bits per heavy atom. The van der Waals surface area contributed by atoms with Crippen LogP contribution in [0.4, 0.5) is 26.3 Å². The molecule has 0 spiro atoms. The zero-order valence-electron chi connectivity index (χ0n) is 29.4. The van der Waals surface area contributed by atoms with E-state index in [-0.39, 0.29) is 42.1 Å². The Morgan fingerprint density at radius 1 is 1.00 bits per heavy atom. The molecule has 286 valence electrons. The molecule has 8 atom stereocenters. The van der Waals surface area contributed by atoms with Gasteiger partial charge in [0.25, 0.3) is 0 Å². The Kier molecular flexibility index (Phi) is 12.8. The van der Waals surface area contributed by atoms with Crippen LogP contribution >= 0.6 is 0 Å². The number of alkyl halides is 6. The summed E-state index contributed by atoms with van der Waals surface area (Å²) in [5.41, 5.74) is 1.82. The number of aliphatic hydroxyl groups excluding tert-OH is 1. The molecule has 5 rings (SSSR count). The average Bonchev–Trinajstić information content (AvgIpc) is 3.33. The Bertz CT molecular complexity index is 1370. The number of ether oxygens (including phenoxy) is 2. The van der Waals surface area contributed by atoms with Crippen molar-refractivity contribution in [2.75, 3.05) is 38.2 Å². The lowest BCUT2D eigenvalue weighted by molar-refractivity contribution is -0.284. The predicted octanol–water partition coefficient (Wildman–Crippen LogP) is 8.26. The van der Waals surface area contributed by atoms with Crippen molar-refractivity contribution in [2.45, 2.75) is 133 Å². The van der Waals surface area contributed by atoms with Crippen molar-refractivity contribution in [3.05, 3.63) is 29.3 Å². The minimum absolute atomic E-state index is 0.158. The zero-order chi connectivity index (χ0) is 36.3. The quantitative estimate of drug-likeness (QED) is 0.136. The number of halogens is 6. The Hall–Kier alpha value is -1.57. The van der Waals surface area contributed by atoms with Crippen LogP contribution in [0.2, 0.25) is 0 Å². The van der Waals surface area contributed by atoms with Crippen LogP contribution in [0.5, 0.6) is 5.75 Å². The van der Waals surface area contributed by atoms with Crippen molar-refractivity contribution in [1.82, 2.24) is 4.90 Å². The van der Waals surface area contributed by atoms with Gasteiger partial charge in [0.15, 0.2) is 6.29 Å². The van der Waals surface area contributed by atoms with Gasteiger partial charge in [0.05, 0.1) is 24.2 Å². The second kappa shape index (κ2) is 16.2. The van der Waals surface area contributed by atoms with E-state index in [4.69, 9.17) is 9.47 Å². The van der Waals surface area contributed by atoms with Crippen LogP contribution in [-0.4, -0.2) is 87.3 Å². The molecular formula is C37H55F6NO5S. The SMILES string of the molecule is CN(CCCCC[C@@H]1Cc2cc(OC3CCCCO3)ccc2[C@@H]2[C@@H]1[C@@H]1CC[C@H](O)[C@@]1(C)C[C@@H]2F)CCCS(=O)(=O)CCCC(F)(F)C(F)(F)F. The van der Waals surface area contributed by atoms with Crippen molar-refractivity contribution in [3.63, 3.8) is 0 Å². The maximum absolute atomic E-state index is 16.3. The second-order valence-electron chi connectivity index (χ2n) is 15.7. The lowest BCUT2D eigenvalue weighted by Gasteiger charge is -2.54. The van der Waals surface area contributed by atoms with Gasteiger partial charge >= 0.3 is 12.1 Å². The number of hydrogen-bond acceptors (Lipinski definition) is 6. The highest BCUT2D eigenvalue weighted by Crippen LogP contribution is 2.63. The summed E-state index contributed by atoms with van der Waals surface area (Å²) in [5, 5.41) is 11.0. The predicted molar refractivity (Wildman–Crippen MR) is 180 cm³/mol. The van der Waals surface area contributed by atoms with E-state index in [0.29, 0.717) is 26.0 Å². The molecule has 1 aliphatic heterocycles. The molecule has 1 unspecified atom stereocenters. The van der Waals surface area contributed by atoms with Gasteiger partial charge in [-0.1, -0.05) is 25.8 Å². The van der Waals surface area contributed by atoms with Crippen LogP contribution < -0.4 is 4.74 Å². The summed E-state index contributed by atoms with van der Waals surface area (Å²) in [7, 11) is -1.85. The van der Waals surface area contributed by atoms with E-state index >= 15 is 4.39 Å². The van der Waals surface area contributed by atoms with Crippen LogP contribution in [0, 0.1) is 23.2 Å². The molecule has 1 heterocycles. The van der Waals surface area contributed by atoms with E-state index in [9.17, 15) is 35.5 Å². The molecule has 0 amide bonds. The molecule has 4 aliphatic rings. The van der Waals surface area contributed by atoms with Crippen LogP contribution in [0.25, 0.3) is 0 Å². The Balaban J connectivity index is 1.12. The first kappa shape index (κ1) is 39.6. The first-order valence-corrected chi connectivity index (χ1v) is 20.4. The number of unbranched alkanes of at least 4 members (excludes halogenated alkanes) is 2. The van der Waals surface area contributed by atoms with Crippen molar-refractivity contribution >= 4 is 9.84 Å². The fraction of sp³-hybridized carbons (Fsp3) is 0.838. The standard InChI is InChI=1S/C37H55F6NO5S/c1-35-24-30(38)34-28-13-12-27(49-32-11-5-7-19-48-32)23-26(28)22-25(33(34)29(35)14-15-31(35)45)10-4-3-6-17-44(2)18-9-21-50(46,47)20-8-16-36(39,40)37(41,42)43/h12-13,23,25,29-34,45H,3-11,14-22,24H2,1-2H3/t25-,29+,30+,31+,32?,33+,34+,35+/m1/s1. The number of rotatable bonds is 16. The summed E-state index contributed by atoms with van der Waals surface area (Å²) in [4.78, 5) is 2.01. The normalized spacial score (nSPS) is 31.7. The van der Waals surface area contributed by atoms with Gasteiger partial charge < -0.3 is 19.5 Å². The van der Waals surface area contributed by atoms with Crippen molar-refractivity contribution in [1.29, 1.82) is 0 Å². The summed E-state index contributed by atoms with van der Waals surface area (Å²) in [6.07, 6.45) is 0.102. The fourth-order valence-corrected chi connectivity index (χ4v) is 10.8. The van der Waals surface area contributed by atoms with Gasteiger partial charge in [0.1, 0.15) is 21.8 Å². The van der Waals surface area contributed by atoms with Gasteiger partial charge in [-0.3, -0.25) is 0 Å². The molecule has 2 saturated carbocycles. The van der Waals surface area contributed by atoms with E-state index in [1.807, 2.05) is 18.0 Å². The molecular weight excluding hydrogens is 684 g/mol. The van der Waals surface area contributed by atoms with Crippen LogP contribution in [0.3, 0.4) is 0 Å². The molecule has 1 N–H and O–H groups in total. The highest BCUT2D eigenvalue weighted by molar-refractivity contribution is 7.91. The summed E-state index contributed by atoms with van der Waals surface area (Å²) in [5.74, 6) is -4.57. The maximum Gasteiger partial charge on any atom is 0.453 e. The zero-order valence-corrected chi connectivity index (χ0v) is 30.2. The second-order valence-corrected chi connectivity index (χ2v) is 18.0. The summed E-state index contributed by atoms with van der Waals surface area (Å²) in [6, 6.07) is 6.12. The Labute approximate surface area is 293 Å². The first-order chi connectivity index (χ1) is 23.5. The third-order valence-corrected chi connectivity index (χ3v) is 14.0. The number of nitrogens with zero attached hydrogens (tertiary/aromatic N) is 1. The number of sulfone groups is 1. The van der Waals surface area contributed by atoms with Gasteiger partial charge in [-0.05, 0) is 131 Å². The molecule has 3 fully saturated rings. The molecule has 1 saturated heterocycles. The average molecular weight is 740 g/mol. The van der Waals surface area contributed by atoms with Gasteiger partial charge in [0, 0.05) is 18.8 Å². The van der Waals surface area contributed by atoms with Gasteiger partial charge in [-0.2, -0.15) is 22.0 Å². The third-order valence-electron chi connectivity index (χ3n) is 12.1. The number of hydrogen-bond donors (Lipinski definition) is 1. The highest BCUT2D eigenvalue weighted by Gasteiger charge is 2.60. The molecule has 0 radical (unpaired) electrons. The largest absolute Gasteiger partial charge is 0.465 e. The molecule has 0 bridgehead atoms. The first-order valence-electron chi connectivity index (χ1n) is 18.6. The minimum atomic E-state index is -5.68. The lowest BCUT2D eigenvalue weighted by Crippen LogP contribution is -2.51.